The number of hydrogen-bond acceptors (Lipinski definition) is 8. The SMILES string of the molecule is CCOC(=O)/C(C#N)=N/Nc1sc2c(c1C(=O)OCC)CCC2. The smallest absolute Gasteiger partial charge is 0.369 e. The molecule has 0 aliphatic heterocycles. The van der Waals surface area contributed by atoms with Crippen LogP contribution in [0.5, 0.6) is 0 Å². The molecule has 0 radical (unpaired) electrons. The number of carbonyl (C=O) groups is 2. The second-order valence-electron chi connectivity index (χ2n) is 4.69. The van der Waals surface area contributed by atoms with E-state index in [9.17, 15) is 9.59 Å². The van der Waals surface area contributed by atoms with Gasteiger partial charge in [0.05, 0.1) is 18.8 Å². The van der Waals surface area contributed by atoms with Crippen LogP contribution in [0.15, 0.2) is 5.10 Å². The Kier molecular flexibility index (Phi) is 5.71. The Morgan fingerprint density at radius 3 is 2.70 bits per heavy atom. The van der Waals surface area contributed by atoms with Crippen molar-refractivity contribution in [1.82, 2.24) is 0 Å². The number of hydrogen-bond donors (Lipinski definition) is 1. The number of anilines is 1. The second-order valence-corrected chi connectivity index (χ2v) is 5.79. The van der Waals surface area contributed by atoms with Crippen molar-refractivity contribution in [2.45, 2.75) is 33.1 Å². The molecular weight excluding hydrogens is 318 g/mol. The highest BCUT2D eigenvalue weighted by Crippen LogP contribution is 2.39. The van der Waals surface area contributed by atoms with Gasteiger partial charge in [-0.15, -0.1) is 11.3 Å². The maximum atomic E-state index is 12.2. The third-order valence-corrected chi connectivity index (χ3v) is 4.44. The lowest BCUT2D eigenvalue weighted by atomic mass is 10.1. The zero-order valence-electron chi connectivity index (χ0n) is 13.0. The molecule has 0 saturated carbocycles. The molecule has 7 nitrogen and oxygen atoms in total. The number of hydrazone groups is 1. The summed E-state index contributed by atoms with van der Waals surface area (Å²) in [5.74, 6) is -1.22. The highest BCUT2D eigenvalue weighted by molar-refractivity contribution is 7.16. The van der Waals surface area contributed by atoms with E-state index in [2.05, 4.69) is 10.5 Å². The number of rotatable bonds is 6. The van der Waals surface area contributed by atoms with Crippen LogP contribution in [0.25, 0.3) is 0 Å². The van der Waals surface area contributed by atoms with Gasteiger partial charge in [-0.2, -0.15) is 10.4 Å². The summed E-state index contributed by atoms with van der Waals surface area (Å²) < 4.78 is 9.83. The van der Waals surface area contributed by atoms with E-state index in [-0.39, 0.29) is 13.2 Å². The van der Waals surface area contributed by atoms with Crippen molar-refractivity contribution in [3.05, 3.63) is 16.0 Å². The van der Waals surface area contributed by atoms with E-state index in [1.165, 1.54) is 11.3 Å². The first kappa shape index (κ1) is 17.0. The summed E-state index contributed by atoms with van der Waals surface area (Å²) in [4.78, 5) is 24.8. The van der Waals surface area contributed by atoms with Gasteiger partial charge < -0.3 is 9.47 Å². The monoisotopic (exact) mass is 335 g/mol. The molecule has 0 atom stereocenters. The largest absolute Gasteiger partial charge is 0.462 e. The average molecular weight is 335 g/mol. The highest BCUT2D eigenvalue weighted by Gasteiger charge is 2.27. The van der Waals surface area contributed by atoms with Crippen molar-refractivity contribution in [2.24, 2.45) is 5.10 Å². The molecule has 1 N–H and O–H groups in total. The van der Waals surface area contributed by atoms with E-state index in [1.807, 2.05) is 0 Å². The fraction of sp³-hybridized carbons (Fsp3) is 0.467. The Morgan fingerprint density at radius 1 is 1.30 bits per heavy atom. The van der Waals surface area contributed by atoms with Crippen LogP contribution in [0.4, 0.5) is 5.00 Å². The van der Waals surface area contributed by atoms with Gasteiger partial charge in [-0.1, -0.05) is 0 Å². The predicted octanol–water partition coefficient (Wildman–Crippen LogP) is 2.27. The maximum Gasteiger partial charge on any atom is 0.369 e. The van der Waals surface area contributed by atoms with E-state index in [0.29, 0.717) is 10.6 Å². The van der Waals surface area contributed by atoms with Gasteiger partial charge in [0.2, 0.25) is 5.71 Å². The number of fused-ring (bicyclic) bond motifs is 1. The lowest BCUT2D eigenvalue weighted by molar-refractivity contribution is -0.134. The topological polar surface area (TPSA) is 101 Å². The van der Waals surface area contributed by atoms with Crippen molar-refractivity contribution in [2.75, 3.05) is 18.6 Å². The number of carbonyl (C=O) groups excluding carboxylic acids is 2. The van der Waals surface area contributed by atoms with E-state index < -0.39 is 17.7 Å². The fourth-order valence-corrected chi connectivity index (χ4v) is 3.54. The minimum absolute atomic E-state index is 0.154. The number of aryl methyl sites for hydroxylation is 1. The molecule has 1 heterocycles. The quantitative estimate of drug-likeness (QED) is 0.486. The number of nitrogens with one attached hydrogen (secondary N) is 1. The Morgan fingerprint density at radius 2 is 2.04 bits per heavy atom. The molecule has 0 aromatic carbocycles. The first-order valence-electron chi connectivity index (χ1n) is 7.34. The Bertz CT molecular complexity index is 688. The normalized spacial score (nSPS) is 13.2. The highest BCUT2D eigenvalue weighted by atomic mass is 32.1. The molecule has 122 valence electrons. The van der Waals surface area contributed by atoms with Gasteiger partial charge in [-0.05, 0) is 38.7 Å². The number of ether oxygens (including phenoxy) is 2. The van der Waals surface area contributed by atoms with Crippen molar-refractivity contribution in [3.8, 4) is 6.07 Å². The minimum Gasteiger partial charge on any atom is -0.462 e. The van der Waals surface area contributed by atoms with Gasteiger partial charge in [0.15, 0.2) is 0 Å². The molecular formula is C15H17N3O4S. The van der Waals surface area contributed by atoms with Gasteiger partial charge in [0.1, 0.15) is 11.1 Å². The number of esters is 2. The van der Waals surface area contributed by atoms with Crippen LogP contribution in [0.3, 0.4) is 0 Å². The second kappa shape index (κ2) is 7.74. The zero-order chi connectivity index (χ0) is 16.8. The summed E-state index contributed by atoms with van der Waals surface area (Å²) >= 11 is 1.40. The Balaban J connectivity index is 2.28. The van der Waals surface area contributed by atoms with Gasteiger partial charge in [0, 0.05) is 4.88 Å². The van der Waals surface area contributed by atoms with E-state index in [4.69, 9.17) is 14.7 Å². The number of nitrogens with zero attached hydrogens (tertiary/aromatic N) is 2. The van der Waals surface area contributed by atoms with Crippen LogP contribution >= 0.6 is 11.3 Å². The molecule has 1 aromatic heterocycles. The van der Waals surface area contributed by atoms with Crippen LogP contribution < -0.4 is 5.43 Å². The van der Waals surface area contributed by atoms with Crippen molar-refractivity contribution in [1.29, 1.82) is 5.26 Å². The summed E-state index contributed by atoms with van der Waals surface area (Å²) in [6.45, 7) is 3.81. The van der Waals surface area contributed by atoms with Crippen LogP contribution in [0.2, 0.25) is 0 Å². The molecule has 8 heteroatoms. The summed E-state index contributed by atoms with van der Waals surface area (Å²) in [5.41, 5.74) is 3.69. The van der Waals surface area contributed by atoms with Crippen molar-refractivity contribution in [3.63, 3.8) is 0 Å². The molecule has 0 bridgehead atoms. The van der Waals surface area contributed by atoms with Crippen LogP contribution in [0.1, 0.15) is 41.1 Å². The molecule has 0 fully saturated rings. The summed E-state index contributed by atoms with van der Waals surface area (Å²) in [6, 6.07) is 1.68. The maximum absolute atomic E-state index is 12.2. The Hall–Kier alpha value is -2.40. The number of nitriles is 1. The molecule has 23 heavy (non-hydrogen) atoms. The van der Waals surface area contributed by atoms with Crippen molar-refractivity contribution < 1.29 is 19.1 Å². The molecule has 0 saturated heterocycles. The summed E-state index contributed by atoms with van der Waals surface area (Å²) in [7, 11) is 0. The third kappa shape index (κ3) is 3.68. The van der Waals surface area contributed by atoms with Crippen LogP contribution in [-0.2, 0) is 27.1 Å². The summed E-state index contributed by atoms with van der Waals surface area (Å²) in [5, 5.41) is 13.2. The Labute approximate surface area is 137 Å². The van der Waals surface area contributed by atoms with Gasteiger partial charge in [-0.25, -0.2) is 9.59 Å². The first-order chi connectivity index (χ1) is 11.1. The van der Waals surface area contributed by atoms with E-state index in [0.717, 1.165) is 29.7 Å². The predicted molar refractivity (Wildman–Crippen MR) is 85.6 cm³/mol. The van der Waals surface area contributed by atoms with Crippen LogP contribution in [0, 0.1) is 11.3 Å². The molecule has 0 unspecified atom stereocenters. The number of thiophene rings is 1. The molecule has 1 aromatic rings. The lowest BCUT2D eigenvalue weighted by Gasteiger charge is -2.06. The standard InChI is InChI=1S/C15H17N3O4S/c1-3-21-14(19)10(8-16)17-18-13-12(15(20)22-4-2)9-6-5-7-11(9)23-13/h18H,3-7H2,1-2H3/b17-10+. The van der Waals surface area contributed by atoms with E-state index >= 15 is 0 Å². The first-order valence-corrected chi connectivity index (χ1v) is 8.16. The molecule has 0 spiro atoms. The fourth-order valence-electron chi connectivity index (χ4n) is 2.32. The van der Waals surface area contributed by atoms with Gasteiger partial charge in [0.25, 0.3) is 0 Å². The molecule has 1 aliphatic carbocycles. The molecule has 0 amide bonds. The minimum atomic E-state index is -0.802. The molecule has 1 aliphatic rings. The van der Waals surface area contributed by atoms with Gasteiger partial charge >= 0.3 is 11.9 Å². The van der Waals surface area contributed by atoms with Crippen LogP contribution in [-0.4, -0.2) is 30.9 Å². The van der Waals surface area contributed by atoms with E-state index in [1.54, 1.807) is 19.9 Å². The third-order valence-electron chi connectivity index (χ3n) is 3.24. The van der Waals surface area contributed by atoms with Crippen molar-refractivity contribution >= 4 is 34.0 Å². The zero-order valence-corrected chi connectivity index (χ0v) is 13.8. The average Bonchev–Trinajstić information content (AvgIpc) is 3.08. The summed E-state index contributed by atoms with van der Waals surface area (Å²) in [6.07, 6.45) is 2.72. The van der Waals surface area contributed by atoms with Gasteiger partial charge in [-0.3, -0.25) is 5.43 Å². The lowest BCUT2D eigenvalue weighted by Crippen LogP contribution is -2.17. The molecule has 2 rings (SSSR count).